The third kappa shape index (κ3) is 5.82. The van der Waals surface area contributed by atoms with Crippen LogP contribution >= 0.6 is 11.3 Å². The van der Waals surface area contributed by atoms with E-state index in [0.717, 1.165) is 0 Å². The molecule has 4 N–H and O–H groups in total. The Morgan fingerprint density at radius 1 is 1.37 bits per heavy atom. The monoisotopic (exact) mass is 287 g/mol. The van der Waals surface area contributed by atoms with Crippen LogP contribution < -0.4 is 10.6 Å². The number of rotatable bonds is 7. The Bertz CT molecular complexity index is 448. The van der Waals surface area contributed by atoms with Gasteiger partial charge >= 0.3 is 18.0 Å². The van der Waals surface area contributed by atoms with Crippen LogP contribution in [0.15, 0.2) is 11.6 Å². The first-order valence-corrected chi connectivity index (χ1v) is 6.24. The molecule has 19 heavy (non-hydrogen) atoms. The molecule has 1 heterocycles. The number of urea groups is 1. The molecular formula is C10H13N3O5S. The van der Waals surface area contributed by atoms with Crippen LogP contribution in [0, 0.1) is 0 Å². The van der Waals surface area contributed by atoms with Crippen molar-refractivity contribution in [1.29, 1.82) is 0 Å². The second kappa shape index (κ2) is 7.31. The number of carbonyl (C=O) groups excluding carboxylic acids is 1. The number of nitrogens with one attached hydrogen (secondary N) is 2. The first-order chi connectivity index (χ1) is 8.99. The minimum absolute atomic E-state index is 0.171. The lowest BCUT2D eigenvalue weighted by atomic mass is 10.1. The molecule has 0 fully saturated rings. The Morgan fingerprint density at radius 3 is 2.63 bits per heavy atom. The quantitative estimate of drug-likeness (QED) is 0.569. The van der Waals surface area contributed by atoms with E-state index in [0.29, 0.717) is 5.01 Å². The minimum Gasteiger partial charge on any atom is -0.481 e. The zero-order valence-electron chi connectivity index (χ0n) is 9.83. The van der Waals surface area contributed by atoms with Crippen LogP contribution in [0.25, 0.3) is 0 Å². The molecular weight excluding hydrogens is 274 g/mol. The van der Waals surface area contributed by atoms with Gasteiger partial charge in [0.25, 0.3) is 0 Å². The molecule has 1 aromatic heterocycles. The third-order valence-electron chi connectivity index (χ3n) is 2.13. The van der Waals surface area contributed by atoms with E-state index in [1.165, 1.54) is 11.3 Å². The van der Waals surface area contributed by atoms with Gasteiger partial charge in [-0.15, -0.1) is 11.3 Å². The smallest absolute Gasteiger partial charge is 0.326 e. The zero-order valence-corrected chi connectivity index (χ0v) is 10.6. The number of hydrogen-bond acceptors (Lipinski definition) is 5. The topological polar surface area (TPSA) is 129 Å². The molecule has 1 aromatic rings. The Morgan fingerprint density at radius 2 is 2.11 bits per heavy atom. The van der Waals surface area contributed by atoms with Gasteiger partial charge < -0.3 is 20.8 Å². The van der Waals surface area contributed by atoms with Crippen molar-refractivity contribution in [3.8, 4) is 0 Å². The van der Waals surface area contributed by atoms with E-state index >= 15 is 0 Å². The minimum atomic E-state index is -1.27. The molecule has 104 valence electrons. The number of hydrogen-bond donors (Lipinski definition) is 4. The van der Waals surface area contributed by atoms with Crippen molar-refractivity contribution in [3.05, 3.63) is 16.6 Å². The fourth-order valence-electron chi connectivity index (χ4n) is 1.23. The summed E-state index contributed by atoms with van der Waals surface area (Å²) in [7, 11) is 0. The van der Waals surface area contributed by atoms with E-state index in [1.54, 1.807) is 11.6 Å². The Labute approximate surface area is 112 Å². The van der Waals surface area contributed by atoms with E-state index in [4.69, 9.17) is 10.2 Å². The normalized spacial score (nSPS) is 11.6. The van der Waals surface area contributed by atoms with Crippen LogP contribution in [0.5, 0.6) is 0 Å². The van der Waals surface area contributed by atoms with Gasteiger partial charge in [0.05, 0.1) is 6.54 Å². The Balaban J connectivity index is 2.38. The van der Waals surface area contributed by atoms with Gasteiger partial charge in [-0.25, -0.2) is 14.6 Å². The summed E-state index contributed by atoms with van der Waals surface area (Å²) in [5.74, 6) is -2.39. The van der Waals surface area contributed by atoms with Crippen molar-refractivity contribution in [3.63, 3.8) is 0 Å². The van der Waals surface area contributed by atoms with Crippen LogP contribution in [-0.2, 0) is 16.1 Å². The van der Waals surface area contributed by atoms with E-state index in [-0.39, 0.29) is 19.4 Å². The summed E-state index contributed by atoms with van der Waals surface area (Å²) < 4.78 is 0. The number of carbonyl (C=O) groups is 3. The van der Waals surface area contributed by atoms with Crippen LogP contribution in [0.1, 0.15) is 17.8 Å². The third-order valence-corrected chi connectivity index (χ3v) is 2.91. The van der Waals surface area contributed by atoms with Gasteiger partial charge in [0.1, 0.15) is 11.0 Å². The average Bonchev–Trinajstić information content (AvgIpc) is 2.84. The highest BCUT2D eigenvalue weighted by Crippen LogP contribution is 2.03. The molecule has 0 bridgehead atoms. The van der Waals surface area contributed by atoms with Crippen molar-refractivity contribution >= 4 is 29.3 Å². The highest BCUT2D eigenvalue weighted by Gasteiger charge is 2.20. The Kier molecular flexibility index (Phi) is 5.73. The summed E-state index contributed by atoms with van der Waals surface area (Å²) in [5.41, 5.74) is 0. The summed E-state index contributed by atoms with van der Waals surface area (Å²) in [6, 6.07) is -1.90. The first-order valence-electron chi connectivity index (χ1n) is 5.36. The standard InChI is InChI=1S/C10H13N3O5S/c14-8(15)2-1-6(9(16)17)13-10(18)12-5-7-11-3-4-19-7/h3-4,6H,1-2,5H2,(H,14,15)(H,16,17)(H2,12,13,18). The number of aromatic nitrogens is 1. The molecule has 0 saturated carbocycles. The summed E-state index contributed by atoms with van der Waals surface area (Å²) >= 11 is 1.36. The number of nitrogens with zero attached hydrogens (tertiary/aromatic N) is 1. The van der Waals surface area contributed by atoms with Gasteiger partial charge in [-0.2, -0.15) is 0 Å². The van der Waals surface area contributed by atoms with Gasteiger partial charge in [-0.05, 0) is 6.42 Å². The highest BCUT2D eigenvalue weighted by atomic mass is 32.1. The molecule has 0 aliphatic heterocycles. The molecule has 0 spiro atoms. The van der Waals surface area contributed by atoms with Gasteiger partial charge in [0, 0.05) is 18.0 Å². The fraction of sp³-hybridized carbons (Fsp3) is 0.400. The highest BCUT2D eigenvalue weighted by molar-refractivity contribution is 7.09. The van der Waals surface area contributed by atoms with E-state index in [1.807, 2.05) is 0 Å². The van der Waals surface area contributed by atoms with Crippen molar-refractivity contribution in [2.75, 3.05) is 0 Å². The second-order valence-electron chi connectivity index (χ2n) is 3.58. The number of carboxylic acids is 2. The average molecular weight is 287 g/mol. The second-order valence-corrected chi connectivity index (χ2v) is 4.56. The number of aliphatic carboxylic acids is 2. The summed E-state index contributed by atoms with van der Waals surface area (Å²) in [6.45, 7) is 0.189. The van der Waals surface area contributed by atoms with Crippen LogP contribution in [0.4, 0.5) is 4.79 Å². The first kappa shape index (κ1) is 14.9. The maximum Gasteiger partial charge on any atom is 0.326 e. The lowest BCUT2D eigenvalue weighted by Gasteiger charge is -2.13. The van der Waals surface area contributed by atoms with Crippen LogP contribution in [-0.4, -0.2) is 39.2 Å². The predicted molar refractivity (Wildman–Crippen MR) is 65.8 cm³/mol. The van der Waals surface area contributed by atoms with Crippen LogP contribution in [0.2, 0.25) is 0 Å². The van der Waals surface area contributed by atoms with Gasteiger partial charge in [0.15, 0.2) is 0 Å². The molecule has 2 amide bonds. The summed E-state index contributed by atoms with van der Waals surface area (Å²) in [4.78, 5) is 36.6. The lowest BCUT2D eigenvalue weighted by molar-refractivity contribution is -0.140. The van der Waals surface area contributed by atoms with Crippen molar-refractivity contribution < 1.29 is 24.6 Å². The zero-order chi connectivity index (χ0) is 14.3. The lowest BCUT2D eigenvalue weighted by Crippen LogP contribution is -2.45. The van der Waals surface area contributed by atoms with Gasteiger partial charge in [-0.3, -0.25) is 4.79 Å². The van der Waals surface area contributed by atoms with Crippen LogP contribution in [0.3, 0.4) is 0 Å². The van der Waals surface area contributed by atoms with Gasteiger partial charge in [-0.1, -0.05) is 0 Å². The SMILES string of the molecule is O=C(O)CCC(NC(=O)NCc1nccs1)C(=O)O. The molecule has 0 aliphatic carbocycles. The predicted octanol–water partition coefficient (Wildman–Crippen LogP) is 0.260. The van der Waals surface area contributed by atoms with Gasteiger partial charge in [0.2, 0.25) is 0 Å². The van der Waals surface area contributed by atoms with E-state index in [2.05, 4.69) is 15.6 Å². The fourth-order valence-corrected chi connectivity index (χ4v) is 1.79. The van der Waals surface area contributed by atoms with E-state index in [9.17, 15) is 14.4 Å². The summed E-state index contributed by atoms with van der Waals surface area (Å²) in [5, 5.41) is 24.4. The molecule has 9 heteroatoms. The Hall–Kier alpha value is -2.16. The number of carboxylic acid groups (broad SMARTS) is 2. The summed E-state index contributed by atoms with van der Waals surface area (Å²) in [6.07, 6.45) is 1.09. The molecule has 1 rings (SSSR count). The largest absolute Gasteiger partial charge is 0.481 e. The van der Waals surface area contributed by atoms with E-state index < -0.39 is 24.0 Å². The maximum atomic E-state index is 11.4. The molecule has 0 radical (unpaired) electrons. The maximum absolute atomic E-state index is 11.4. The number of amides is 2. The van der Waals surface area contributed by atoms with Crippen molar-refractivity contribution in [1.82, 2.24) is 15.6 Å². The molecule has 1 atom stereocenters. The number of thiazole rings is 1. The molecule has 0 aliphatic rings. The van der Waals surface area contributed by atoms with Crippen molar-refractivity contribution in [2.24, 2.45) is 0 Å². The van der Waals surface area contributed by atoms with Crippen molar-refractivity contribution in [2.45, 2.75) is 25.4 Å². The molecule has 8 nitrogen and oxygen atoms in total. The molecule has 0 saturated heterocycles. The molecule has 1 unspecified atom stereocenters. The molecule has 0 aromatic carbocycles.